The van der Waals surface area contributed by atoms with Crippen LogP contribution in [0.5, 0.6) is 11.5 Å². The van der Waals surface area contributed by atoms with Gasteiger partial charge in [-0.3, -0.25) is 0 Å². The molecule has 0 radical (unpaired) electrons. The number of phenols is 1. The molecule has 5 nitrogen and oxygen atoms in total. The summed E-state index contributed by atoms with van der Waals surface area (Å²) in [6.07, 6.45) is 3.80. The Labute approximate surface area is 147 Å². The highest BCUT2D eigenvalue weighted by Crippen LogP contribution is 2.40. The summed E-state index contributed by atoms with van der Waals surface area (Å²) in [5.74, 6) is 0.302. The number of hydrogen-bond donors (Lipinski definition) is 2. The van der Waals surface area contributed by atoms with Crippen molar-refractivity contribution in [1.29, 1.82) is 0 Å². The molecule has 2 aliphatic carbocycles. The van der Waals surface area contributed by atoms with Crippen LogP contribution in [-0.4, -0.2) is 19.6 Å². The van der Waals surface area contributed by atoms with E-state index < -0.39 is 10.3 Å². The number of benzene rings is 2. The standard InChI is InChI=1S/C19H21NO4S/c21-17-7-3-4-8-18(17)24-25(22,23)20-19-15-9-10-16(19)12-14-6-2-1-5-13(14)11-15/h1-8,15-16,19-21H,9-12H2. The van der Waals surface area contributed by atoms with E-state index in [1.165, 1.54) is 23.3 Å². The second-order valence-corrected chi connectivity index (χ2v) is 8.23. The molecule has 4 rings (SSSR count). The molecular weight excluding hydrogens is 338 g/mol. The summed E-state index contributed by atoms with van der Waals surface area (Å²) in [5.41, 5.74) is 2.64. The molecule has 2 atom stereocenters. The zero-order valence-corrected chi connectivity index (χ0v) is 14.6. The Balaban J connectivity index is 1.54. The zero-order valence-electron chi connectivity index (χ0n) is 13.8. The van der Waals surface area contributed by atoms with Crippen molar-refractivity contribution < 1.29 is 17.7 Å². The average Bonchev–Trinajstić information content (AvgIpc) is 2.83. The maximum atomic E-state index is 12.5. The van der Waals surface area contributed by atoms with Gasteiger partial charge in [0.2, 0.25) is 0 Å². The lowest BCUT2D eigenvalue weighted by Crippen LogP contribution is -2.43. The zero-order chi connectivity index (χ0) is 17.4. The van der Waals surface area contributed by atoms with E-state index in [4.69, 9.17) is 4.18 Å². The van der Waals surface area contributed by atoms with Gasteiger partial charge in [-0.05, 0) is 60.8 Å². The SMILES string of the molecule is O=S(=O)(NC1C2CCC1Cc1ccccc1C2)Oc1ccccc1O. The van der Waals surface area contributed by atoms with Gasteiger partial charge in [-0.25, -0.2) is 0 Å². The van der Waals surface area contributed by atoms with Crippen molar-refractivity contribution >= 4 is 10.3 Å². The Morgan fingerprint density at radius 2 is 1.48 bits per heavy atom. The molecule has 6 heteroatoms. The third-order valence-corrected chi connectivity index (χ3v) is 6.31. The van der Waals surface area contributed by atoms with Gasteiger partial charge in [-0.15, -0.1) is 0 Å². The quantitative estimate of drug-likeness (QED) is 0.880. The maximum Gasteiger partial charge on any atom is 0.383 e. The van der Waals surface area contributed by atoms with Crippen LogP contribution in [0.25, 0.3) is 0 Å². The molecule has 1 saturated carbocycles. The Kier molecular flexibility index (Phi) is 4.17. The first kappa shape index (κ1) is 16.4. The molecule has 2 aromatic rings. The Bertz CT molecular complexity index is 847. The number of aromatic hydroxyl groups is 1. The van der Waals surface area contributed by atoms with Gasteiger partial charge in [-0.2, -0.15) is 13.1 Å². The molecule has 0 heterocycles. The fourth-order valence-corrected chi connectivity index (χ4v) is 5.32. The van der Waals surface area contributed by atoms with Crippen molar-refractivity contribution in [2.45, 2.75) is 31.7 Å². The normalized spacial score (nSPS) is 25.2. The first-order chi connectivity index (χ1) is 12.0. The third-order valence-electron chi connectivity index (χ3n) is 5.35. The molecule has 1 fully saturated rings. The minimum absolute atomic E-state index is 0.0562. The first-order valence-corrected chi connectivity index (χ1v) is 9.99. The Hall–Kier alpha value is -2.05. The highest BCUT2D eigenvalue weighted by molar-refractivity contribution is 7.85. The predicted octanol–water partition coefficient (Wildman–Crippen LogP) is 2.80. The number of hydrogen-bond acceptors (Lipinski definition) is 4. The van der Waals surface area contributed by atoms with Gasteiger partial charge in [0.1, 0.15) is 0 Å². The smallest absolute Gasteiger partial charge is 0.383 e. The molecule has 0 spiro atoms. The van der Waals surface area contributed by atoms with Crippen LogP contribution >= 0.6 is 0 Å². The molecule has 2 unspecified atom stereocenters. The summed E-state index contributed by atoms with van der Waals surface area (Å²) in [5, 5.41) is 9.74. The summed E-state index contributed by atoms with van der Waals surface area (Å²) >= 11 is 0. The molecule has 2 aromatic carbocycles. The highest BCUT2D eigenvalue weighted by Gasteiger charge is 2.41. The maximum absolute atomic E-state index is 12.5. The lowest BCUT2D eigenvalue weighted by atomic mass is 9.94. The van der Waals surface area contributed by atoms with Crippen LogP contribution in [0.4, 0.5) is 0 Å². The van der Waals surface area contributed by atoms with Crippen LogP contribution in [0.1, 0.15) is 24.0 Å². The second kappa shape index (κ2) is 6.35. The number of rotatable bonds is 4. The second-order valence-electron chi connectivity index (χ2n) is 6.92. The van der Waals surface area contributed by atoms with Gasteiger partial charge in [0, 0.05) is 6.04 Å². The van der Waals surface area contributed by atoms with Crippen molar-refractivity contribution in [1.82, 2.24) is 4.72 Å². The van der Waals surface area contributed by atoms with Crippen molar-refractivity contribution in [2.24, 2.45) is 11.8 Å². The number of nitrogens with one attached hydrogen (secondary N) is 1. The van der Waals surface area contributed by atoms with Crippen LogP contribution in [0, 0.1) is 11.8 Å². The van der Waals surface area contributed by atoms with Crippen molar-refractivity contribution in [2.75, 3.05) is 0 Å². The van der Waals surface area contributed by atoms with E-state index in [1.807, 2.05) is 12.1 Å². The largest absolute Gasteiger partial charge is 0.504 e. The summed E-state index contributed by atoms with van der Waals surface area (Å²) in [4.78, 5) is 0. The van der Waals surface area contributed by atoms with Crippen LogP contribution in [0.3, 0.4) is 0 Å². The third kappa shape index (κ3) is 3.37. The van der Waals surface area contributed by atoms with E-state index in [1.54, 1.807) is 12.1 Å². The van der Waals surface area contributed by atoms with Crippen molar-refractivity contribution in [3.63, 3.8) is 0 Å². The lowest BCUT2D eigenvalue weighted by Gasteiger charge is -2.23. The van der Waals surface area contributed by atoms with E-state index >= 15 is 0 Å². The molecule has 132 valence electrons. The van der Waals surface area contributed by atoms with E-state index in [-0.39, 0.29) is 29.4 Å². The van der Waals surface area contributed by atoms with Crippen LogP contribution < -0.4 is 8.91 Å². The first-order valence-electron chi connectivity index (χ1n) is 8.58. The molecule has 2 bridgehead atoms. The summed E-state index contributed by atoms with van der Waals surface area (Å²) in [6.45, 7) is 0. The molecule has 2 aliphatic rings. The monoisotopic (exact) mass is 359 g/mol. The number of phenolic OH excluding ortho intramolecular Hbond substituents is 1. The highest BCUT2D eigenvalue weighted by atomic mass is 32.2. The molecule has 25 heavy (non-hydrogen) atoms. The van der Waals surface area contributed by atoms with Crippen molar-refractivity contribution in [3.8, 4) is 11.5 Å². The van der Waals surface area contributed by atoms with Crippen molar-refractivity contribution in [3.05, 3.63) is 59.7 Å². The number of para-hydroxylation sites is 2. The van der Waals surface area contributed by atoms with Gasteiger partial charge in [0.25, 0.3) is 0 Å². The minimum Gasteiger partial charge on any atom is -0.504 e. The average molecular weight is 359 g/mol. The molecule has 0 aliphatic heterocycles. The van der Waals surface area contributed by atoms with E-state index in [9.17, 15) is 13.5 Å². The Morgan fingerprint density at radius 3 is 2.08 bits per heavy atom. The topological polar surface area (TPSA) is 75.6 Å². The van der Waals surface area contributed by atoms with Gasteiger partial charge >= 0.3 is 10.3 Å². The summed E-state index contributed by atoms with van der Waals surface area (Å²) in [6, 6.07) is 14.3. The van der Waals surface area contributed by atoms with Gasteiger partial charge in [0.15, 0.2) is 11.5 Å². The summed E-state index contributed by atoms with van der Waals surface area (Å²) < 4.78 is 32.8. The fourth-order valence-electron chi connectivity index (χ4n) is 4.18. The molecule has 0 aromatic heterocycles. The van der Waals surface area contributed by atoms with E-state index in [0.717, 1.165) is 25.7 Å². The van der Waals surface area contributed by atoms with Crippen LogP contribution in [0.15, 0.2) is 48.5 Å². The van der Waals surface area contributed by atoms with Gasteiger partial charge in [0.05, 0.1) is 0 Å². The van der Waals surface area contributed by atoms with Crippen LogP contribution in [0.2, 0.25) is 0 Å². The fraction of sp³-hybridized carbons (Fsp3) is 0.368. The molecule has 0 saturated heterocycles. The summed E-state index contributed by atoms with van der Waals surface area (Å²) in [7, 11) is -4.00. The molecule has 2 N–H and O–H groups in total. The van der Waals surface area contributed by atoms with E-state index in [0.29, 0.717) is 0 Å². The Morgan fingerprint density at radius 1 is 0.920 bits per heavy atom. The minimum atomic E-state index is -4.00. The molecular formula is C19H21NO4S. The van der Waals surface area contributed by atoms with Gasteiger partial charge < -0.3 is 9.29 Å². The van der Waals surface area contributed by atoms with Gasteiger partial charge in [-0.1, -0.05) is 36.4 Å². The van der Waals surface area contributed by atoms with E-state index in [2.05, 4.69) is 16.9 Å². The van der Waals surface area contributed by atoms with Crippen LogP contribution in [-0.2, 0) is 23.1 Å². The number of fused-ring (bicyclic) bond motifs is 3. The predicted molar refractivity (Wildman–Crippen MR) is 94.6 cm³/mol. The lowest BCUT2D eigenvalue weighted by molar-refractivity contribution is 0.363. The molecule has 0 amide bonds.